The molecule has 25 heavy (non-hydrogen) atoms. The number of carbonyl (C=O) groups excluding carboxylic acids is 1. The molecule has 3 aromatic rings. The van der Waals surface area contributed by atoms with Crippen LogP contribution in [0, 0.1) is 0 Å². The van der Waals surface area contributed by atoms with Crippen molar-refractivity contribution < 1.29 is 4.79 Å². The lowest BCUT2D eigenvalue weighted by molar-refractivity contribution is 0.0941. The van der Waals surface area contributed by atoms with Gasteiger partial charge in [-0.3, -0.25) is 9.48 Å². The smallest absolute Gasteiger partial charge is 0.269 e. The maximum absolute atomic E-state index is 12.5. The third kappa shape index (κ3) is 3.97. The van der Waals surface area contributed by atoms with Gasteiger partial charge in [0.2, 0.25) is 0 Å². The van der Waals surface area contributed by atoms with Crippen molar-refractivity contribution >= 4 is 5.91 Å². The molecule has 1 aromatic heterocycles. The Morgan fingerprint density at radius 3 is 2.44 bits per heavy atom. The summed E-state index contributed by atoms with van der Waals surface area (Å²) in [4.78, 5) is 12.5. The molecule has 0 saturated carbocycles. The Balaban J connectivity index is 1.71. The Morgan fingerprint density at radius 1 is 1.04 bits per heavy atom. The van der Waals surface area contributed by atoms with Crippen molar-refractivity contribution in [1.29, 1.82) is 0 Å². The quantitative estimate of drug-likeness (QED) is 0.763. The monoisotopic (exact) mass is 333 g/mol. The highest BCUT2D eigenvalue weighted by atomic mass is 16.2. The topological polar surface area (TPSA) is 46.9 Å². The van der Waals surface area contributed by atoms with Gasteiger partial charge in [-0.25, -0.2) is 0 Å². The highest BCUT2D eigenvalue weighted by molar-refractivity contribution is 5.92. The van der Waals surface area contributed by atoms with Crippen LogP contribution in [0.5, 0.6) is 0 Å². The molecule has 0 bridgehead atoms. The van der Waals surface area contributed by atoms with E-state index < -0.39 is 0 Å². The van der Waals surface area contributed by atoms with Crippen molar-refractivity contribution in [3.8, 4) is 11.1 Å². The van der Waals surface area contributed by atoms with Gasteiger partial charge in [-0.15, -0.1) is 0 Å². The SMILES string of the molecule is CC(C)c1cc(C(=O)NCc2cccc(-c3ccccc3)c2)n(C)n1. The van der Waals surface area contributed by atoms with Crippen LogP contribution in [0.15, 0.2) is 60.7 Å². The maximum Gasteiger partial charge on any atom is 0.269 e. The van der Waals surface area contributed by atoms with Crippen LogP contribution in [0.3, 0.4) is 0 Å². The molecule has 0 saturated heterocycles. The zero-order valence-corrected chi connectivity index (χ0v) is 14.9. The van der Waals surface area contributed by atoms with E-state index in [2.05, 4.69) is 48.5 Å². The third-order valence-electron chi connectivity index (χ3n) is 4.21. The molecule has 0 radical (unpaired) electrons. The van der Waals surface area contributed by atoms with Crippen molar-refractivity contribution in [1.82, 2.24) is 15.1 Å². The molecule has 0 unspecified atom stereocenters. The van der Waals surface area contributed by atoms with Crippen molar-refractivity contribution in [3.63, 3.8) is 0 Å². The fourth-order valence-electron chi connectivity index (χ4n) is 2.75. The minimum atomic E-state index is -0.105. The van der Waals surface area contributed by atoms with Gasteiger partial charge < -0.3 is 5.32 Å². The lowest BCUT2D eigenvalue weighted by Crippen LogP contribution is -2.25. The van der Waals surface area contributed by atoms with Gasteiger partial charge in [0.25, 0.3) is 5.91 Å². The van der Waals surface area contributed by atoms with Crippen LogP contribution in [0.2, 0.25) is 0 Å². The summed E-state index contributed by atoms with van der Waals surface area (Å²) in [7, 11) is 1.80. The first-order valence-electron chi connectivity index (χ1n) is 8.51. The predicted octanol–water partition coefficient (Wildman–Crippen LogP) is 4.14. The summed E-state index contributed by atoms with van der Waals surface area (Å²) in [5, 5.41) is 7.38. The Hall–Kier alpha value is -2.88. The van der Waals surface area contributed by atoms with Crippen molar-refractivity contribution in [2.24, 2.45) is 7.05 Å². The Morgan fingerprint density at radius 2 is 1.76 bits per heavy atom. The number of nitrogens with zero attached hydrogens (tertiary/aromatic N) is 2. The van der Waals surface area contributed by atoms with Gasteiger partial charge >= 0.3 is 0 Å². The number of benzene rings is 2. The van der Waals surface area contributed by atoms with E-state index >= 15 is 0 Å². The van der Waals surface area contributed by atoms with Gasteiger partial charge in [0.05, 0.1) is 5.69 Å². The van der Waals surface area contributed by atoms with E-state index in [4.69, 9.17) is 0 Å². The van der Waals surface area contributed by atoms with E-state index in [1.54, 1.807) is 11.7 Å². The van der Waals surface area contributed by atoms with Crippen molar-refractivity contribution in [2.75, 3.05) is 0 Å². The fraction of sp³-hybridized carbons (Fsp3) is 0.238. The second-order valence-corrected chi connectivity index (χ2v) is 6.48. The minimum Gasteiger partial charge on any atom is -0.347 e. The Labute approximate surface area is 148 Å². The number of carbonyl (C=O) groups is 1. The minimum absolute atomic E-state index is 0.105. The summed E-state index contributed by atoms with van der Waals surface area (Å²) in [6, 6.07) is 20.3. The fourth-order valence-corrected chi connectivity index (χ4v) is 2.75. The van der Waals surface area contributed by atoms with E-state index in [1.165, 1.54) is 5.56 Å². The molecule has 2 aromatic carbocycles. The maximum atomic E-state index is 12.5. The number of amides is 1. The average Bonchev–Trinajstić information content (AvgIpc) is 3.03. The van der Waals surface area contributed by atoms with Crippen LogP contribution < -0.4 is 5.32 Å². The molecule has 0 aliphatic rings. The third-order valence-corrected chi connectivity index (χ3v) is 4.21. The molecule has 4 heteroatoms. The first-order valence-corrected chi connectivity index (χ1v) is 8.51. The number of hydrogen-bond donors (Lipinski definition) is 1. The summed E-state index contributed by atoms with van der Waals surface area (Å²) >= 11 is 0. The van der Waals surface area contributed by atoms with Crippen LogP contribution in [0.25, 0.3) is 11.1 Å². The molecule has 1 N–H and O–H groups in total. The molecular formula is C21H23N3O. The molecule has 1 amide bonds. The van der Waals surface area contributed by atoms with Crippen molar-refractivity contribution in [2.45, 2.75) is 26.3 Å². The molecule has 3 rings (SSSR count). The number of rotatable bonds is 5. The normalized spacial score (nSPS) is 10.9. The molecule has 4 nitrogen and oxygen atoms in total. The lowest BCUT2D eigenvalue weighted by atomic mass is 10.0. The first kappa shape index (κ1) is 17.0. The Bertz CT molecular complexity index is 866. The molecule has 0 spiro atoms. The largest absolute Gasteiger partial charge is 0.347 e. The summed E-state index contributed by atoms with van der Waals surface area (Å²) in [6.45, 7) is 4.62. The van der Waals surface area contributed by atoms with Crippen LogP contribution in [-0.4, -0.2) is 15.7 Å². The van der Waals surface area contributed by atoms with Gasteiger partial charge in [-0.2, -0.15) is 5.10 Å². The predicted molar refractivity (Wildman–Crippen MR) is 100 cm³/mol. The summed E-state index contributed by atoms with van der Waals surface area (Å²) in [5.41, 5.74) is 4.90. The number of aryl methyl sites for hydroxylation is 1. The molecule has 128 valence electrons. The van der Waals surface area contributed by atoms with E-state index in [0.717, 1.165) is 16.8 Å². The van der Waals surface area contributed by atoms with Crippen LogP contribution >= 0.6 is 0 Å². The van der Waals surface area contributed by atoms with E-state index in [-0.39, 0.29) is 5.91 Å². The van der Waals surface area contributed by atoms with Crippen LogP contribution in [-0.2, 0) is 13.6 Å². The molecule has 0 aliphatic heterocycles. The second kappa shape index (κ2) is 7.34. The highest BCUT2D eigenvalue weighted by Gasteiger charge is 2.14. The first-order chi connectivity index (χ1) is 12.0. The number of hydrogen-bond acceptors (Lipinski definition) is 2. The van der Waals surface area contributed by atoms with Crippen LogP contribution in [0.1, 0.15) is 41.5 Å². The zero-order chi connectivity index (χ0) is 17.8. The van der Waals surface area contributed by atoms with Crippen molar-refractivity contribution in [3.05, 3.63) is 77.6 Å². The standard InChI is InChI=1S/C21H23N3O/c1-15(2)19-13-20(24(3)23-19)21(25)22-14-16-8-7-11-18(12-16)17-9-5-4-6-10-17/h4-13,15H,14H2,1-3H3,(H,22,25). The average molecular weight is 333 g/mol. The summed E-state index contributed by atoms with van der Waals surface area (Å²) < 4.78 is 1.64. The summed E-state index contributed by atoms with van der Waals surface area (Å²) in [5.74, 6) is 0.197. The number of nitrogens with one attached hydrogen (secondary N) is 1. The van der Waals surface area contributed by atoms with Gasteiger partial charge in [0.15, 0.2) is 0 Å². The highest BCUT2D eigenvalue weighted by Crippen LogP contribution is 2.20. The Kier molecular flexibility index (Phi) is 4.98. The molecule has 0 aliphatic carbocycles. The van der Waals surface area contributed by atoms with Gasteiger partial charge in [-0.1, -0.05) is 62.4 Å². The molecule has 1 heterocycles. The van der Waals surface area contributed by atoms with Gasteiger partial charge in [0, 0.05) is 13.6 Å². The van der Waals surface area contributed by atoms with E-state index in [0.29, 0.717) is 18.2 Å². The van der Waals surface area contributed by atoms with E-state index in [9.17, 15) is 4.79 Å². The van der Waals surface area contributed by atoms with E-state index in [1.807, 2.05) is 36.4 Å². The lowest BCUT2D eigenvalue weighted by Gasteiger charge is -2.08. The number of aromatic nitrogens is 2. The van der Waals surface area contributed by atoms with Gasteiger partial charge in [-0.05, 0) is 34.7 Å². The van der Waals surface area contributed by atoms with Gasteiger partial charge in [0.1, 0.15) is 5.69 Å². The summed E-state index contributed by atoms with van der Waals surface area (Å²) in [6.07, 6.45) is 0. The molecule has 0 fully saturated rings. The molecule has 0 atom stereocenters. The van der Waals surface area contributed by atoms with Crippen LogP contribution in [0.4, 0.5) is 0 Å². The second-order valence-electron chi connectivity index (χ2n) is 6.48. The molecular weight excluding hydrogens is 310 g/mol. The zero-order valence-electron chi connectivity index (χ0n) is 14.9.